The second-order valence-corrected chi connectivity index (χ2v) is 6.90. The van der Waals surface area contributed by atoms with Crippen LogP contribution in [0.5, 0.6) is 0 Å². The van der Waals surface area contributed by atoms with Gasteiger partial charge in [-0.1, -0.05) is 0 Å². The van der Waals surface area contributed by atoms with Gasteiger partial charge in [0.15, 0.2) is 5.96 Å². The van der Waals surface area contributed by atoms with Crippen molar-refractivity contribution >= 4 is 41.3 Å². The van der Waals surface area contributed by atoms with Crippen LogP contribution in [0.2, 0.25) is 0 Å². The van der Waals surface area contributed by atoms with Crippen molar-refractivity contribution in [1.29, 1.82) is 0 Å². The van der Waals surface area contributed by atoms with Crippen molar-refractivity contribution in [3.63, 3.8) is 0 Å². The normalized spacial score (nSPS) is 11.3. The van der Waals surface area contributed by atoms with Crippen molar-refractivity contribution in [3.8, 4) is 0 Å². The van der Waals surface area contributed by atoms with Crippen molar-refractivity contribution in [1.82, 2.24) is 25.4 Å². The van der Waals surface area contributed by atoms with Crippen LogP contribution in [0.25, 0.3) is 0 Å². The molecule has 0 aliphatic heterocycles. The monoisotopic (exact) mass is 462 g/mol. The van der Waals surface area contributed by atoms with Crippen LogP contribution < -0.4 is 10.6 Å². The molecule has 8 heteroatoms. The number of hydrogen-bond donors (Lipinski definition) is 2. The van der Waals surface area contributed by atoms with Crippen molar-refractivity contribution in [2.24, 2.45) is 12.0 Å². The molecule has 0 unspecified atom stereocenters. The summed E-state index contributed by atoms with van der Waals surface area (Å²) in [6.07, 6.45) is 0.961. The van der Waals surface area contributed by atoms with Gasteiger partial charge in [-0.3, -0.25) is 9.67 Å². The number of aromatic nitrogens is 3. The van der Waals surface area contributed by atoms with Crippen LogP contribution in [0.1, 0.15) is 32.5 Å². The molecular weight excluding hydrogens is 435 g/mol. The third kappa shape index (κ3) is 5.17. The maximum Gasteiger partial charge on any atom is 0.191 e. The molecule has 0 bridgehead atoms. The van der Waals surface area contributed by atoms with Crippen LogP contribution in [0, 0.1) is 27.7 Å². The summed E-state index contributed by atoms with van der Waals surface area (Å²) in [4.78, 5) is 10.1. The number of aliphatic imine (C=N–C) groups is 1. The first-order valence-electron chi connectivity index (χ1n) is 7.78. The zero-order chi connectivity index (χ0) is 17.0. The van der Waals surface area contributed by atoms with Gasteiger partial charge in [-0.15, -0.1) is 35.3 Å². The maximum atomic E-state index is 4.46. The molecule has 0 aliphatic carbocycles. The minimum absolute atomic E-state index is 0. The Morgan fingerprint density at radius 1 is 1.17 bits per heavy atom. The molecule has 0 atom stereocenters. The Labute approximate surface area is 165 Å². The van der Waals surface area contributed by atoms with E-state index in [0.29, 0.717) is 0 Å². The largest absolute Gasteiger partial charge is 0.356 e. The van der Waals surface area contributed by atoms with E-state index in [2.05, 4.69) is 39.6 Å². The summed E-state index contributed by atoms with van der Waals surface area (Å²) in [5, 5.41) is 12.3. The van der Waals surface area contributed by atoms with Gasteiger partial charge >= 0.3 is 0 Å². The summed E-state index contributed by atoms with van der Waals surface area (Å²) in [7, 11) is 3.76. The smallest absolute Gasteiger partial charge is 0.191 e. The molecule has 134 valence electrons. The minimum Gasteiger partial charge on any atom is -0.356 e. The topological polar surface area (TPSA) is 67.1 Å². The summed E-state index contributed by atoms with van der Waals surface area (Å²) in [6.45, 7) is 9.81. The molecule has 0 fully saturated rings. The fraction of sp³-hybridized carbons (Fsp3) is 0.562. The summed E-state index contributed by atoms with van der Waals surface area (Å²) < 4.78 is 1.91. The van der Waals surface area contributed by atoms with Crippen LogP contribution in [0.3, 0.4) is 0 Å². The summed E-state index contributed by atoms with van der Waals surface area (Å²) >= 11 is 1.77. The molecule has 0 amide bonds. The number of hydrogen-bond acceptors (Lipinski definition) is 4. The van der Waals surface area contributed by atoms with Gasteiger partial charge in [0.25, 0.3) is 0 Å². The quantitative estimate of drug-likeness (QED) is 0.408. The molecule has 0 aromatic carbocycles. The van der Waals surface area contributed by atoms with Crippen LogP contribution >= 0.6 is 35.3 Å². The number of halogens is 1. The lowest BCUT2D eigenvalue weighted by molar-refractivity contribution is 0.728. The molecule has 2 aromatic heterocycles. The summed E-state index contributed by atoms with van der Waals surface area (Å²) in [5.74, 6) is 0.812. The van der Waals surface area contributed by atoms with Gasteiger partial charge in [0.1, 0.15) is 0 Å². The van der Waals surface area contributed by atoms with E-state index in [1.54, 1.807) is 18.4 Å². The van der Waals surface area contributed by atoms with E-state index in [0.717, 1.165) is 41.9 Å². The lowest BCUT2D eigenvalue weighted by Crippen LogP contribution is -2.38. The van der Waals surface area contributed by atoms with Gasteiger partial charge in [-0.05, 0) is 27.7 Å². The maximum absolute atomic E-state index is 4.46. The Hall–Kier alpha value is -1.16. The molecular formula is C16H27IN6S. The highest BCUT2D eigenvalue weighted by atomic mass is 127. The van der Waals surface area contributed by atoms with E-state index in [4.69, 9.17) is 0 Å². The number of nitrogens with one attached hydrogen (secondary N) is 2. The second-order valence-electron chi connectivity index (χ2n) is 5.62. The van der Waals surface area contributed by atoms with Crippen LogP contribution in [-0.2, 0) is 20.0 Å². The number of nitrogens with zero attached hydrogens (tertiary/aromatic N) is 4. The van der Waals surface area contributed by atoms with Gasteiger partial charge in [0, 0.05) is 49.7 Å². The van der Waals surface area contributed by atoms with Crippen LogP contribution in [0.4, 0.5) is 0 Å². The third-order valence-corrected chi connectivity index (χ3v) is 5.09. The van der Waals surface area contributed by atoms with Crippen molar-refractivity contribution in [3.05, 3.63) is 32.5 Å². The lowest BCUT2D eigenvalue weighted by atomic mass is 10.2. The number of aryl methyl sites for hydroxylation is 4. The highest BCUT2D eigenvalue weighted by Gasteiger charge is 2.10. The molecule has 0 aliphatic rings. The van der Waals surface area contributed by atoms with Gasteiger partial charge < -0.3 is 10.6 Å². The molecule has 6 nitrogen and oxygen atoms in total. The molecule has 2 N–H and O–H groups in total. The fourth-order valence-electron chi connectivity index (χ4n) is 2.57. The van der Waals surface area contributed by atoms with Gasteiger partial charge in [0.05, 0.1) is 16.4 Å². The Morgan fingerprint density at radius 2 is 1.88 bits per heavy atom. The molecule has 2 rings (SSSR count). The van der Waals surface area contributed by atoms with Gasteiger partial charge in [-0.2, -0.15) is 5.10 Å². The van der Waals surface area contributed by atoms with Crippen molar-refractivity contribution < 1.29 is 0 Å². The SMILES string of the molecule is CN=C(NCCc1sc(C)nc1C)NCc1c(C)nn(C)c1C.I. The van der Waals surface area contributed by atoms with E-state index < -0.39 is 0 Å². The average molecular weight is 462 g/mol. The van der Waals surface area contributed by atoms with E-state index in [1.165, 1.54) is 16.1 Å². The number of thiazole rings is 1. The zero-order valence-corrected chi connectivity index (χ0v) is 18.4. The van der Waals surface area contributed by atoms with Crippen LogP contribution in [-0.4, -0.2) is 34.3 Å². The Bertz CT molecular complexity index is 704. The fourth-order valence-corrected chi connectivity index (χ4v) is 3.50. The Kier molecular flexibility index (Phi) is 8.14. The average Bonchev–Trinajstić information content (AvgIpc) is 2.94. The predicted octanol–water partition coefficient (Wildman–Crippen LogP) is 2.64. The van der Waals surface area contributed by atoms with Crippen molar-refractivity contribution in [2.75, 3.05) is 13.6 Å². The first-order chi connectivity index (χ1) is 10.9. The predicted molar refractivity (Wildman–Crippen MR) is 112 cm³/mol. The molecule has 2 aromatic rings. The van der Waals surface area contributed by atoms with E-state index in [1.807, 2.05) is 25.6 Å². The van der Waals surface area contributed by atoms with Crippen molar-refractivity contribution in [2.45, 2.75) is 40.7 Å². The minimum atomic E-state index is 0. The summed E-state index contributed by atoms with van der Waals surface area (Å²) in [6, 6.07) is 0. The van der Waals surface area contributed by atoms with E-state index in [-0.39, 0.29) is 24.0 Å². The highest BCUT2D eigenvalue weighted by Crippen LogP contribution is 2.17. The third-order valence-electron chi connectivity index (χ3n) is 3.96. The highest BCUT2D eigenvalue weighted by molar-refractivity contribution is 14.0. The zero-order valence-electron chi connectivity index (χ0n) is 15.2. The lowest BCUT2D eigenvalue weighted by Gasteiger charge is -2.12. The number of guanidine groups is 1. The molecule has 24 heavy (non-hydrogen) atoms. The molecule has 0 radical (unpaired) electrons. The van der Waals surface area contributed by atoms with E-state index >= 15 is 0 Å². The number of rotatable bonds is 5. The molecule has 2 heterocycles. The standard InChI is InChI=1S/C16H26N6S.HI/c1-10-14(12(3)22(6)21-10)9-19-16(17-5)18-8-7-15-11(2)20-13(4)23-15;/h7-9H2,1-6H3,(H2,17,18,19);1H. The van der Waals surface area contributed by atoms with Gasteiger partial charge in [-0.25, -0.2) is 4.98 Å². The van der Waals surface area contributed by atoms with Gasteiger partial charge in [0.2, 0.25) is 0 Å². The second kappa shape index (κ2) is 9.36. The van der Waals surface area contributed by atoms with E-state index in [9.17, 15) is 0 Å². The Balaban J connectivity index is 0.00000288. The molecule has 0 spiro atoms. The first-order valence-corrected chi connectivity index (χ1v) is 8.60. The van der Waals surface area contributed by atoms with Crippen LogP contribution in [0.15, 0.2) is 4.99 Å². The molecule has 0 saturated carbocycles. The summed E-state index contributed by atoms with van der Waals surface area (Å²) in [5.41, 5.74) is 4.60. The Morgan fingerprint density at radius 3 is 2.38 bits per heavy atom. The molecule has 0 saturated heterocycles. The first kappa shape index (κ1) is 20.9.